The van der Waals surface area contributed by atoms with Crippen molar-refractivity contribution in [3.63, 3.8) is 0 Å². The van der Waals surface area contributed by atoms with E-state index in [0.29, 0.717) is 41.8 Å². The summed E-state index contributed by atoms with van der Waals surface area (Å²) in [5.41, 5.74) is 1.39. The van der Waals surface area contributed by atoms with E-state index in [2.05, 4.69) is 50.8 Å². The molecule has 1 N–H and O–H groups in total. The normalized spacial score (nSPS) is 19.6. The molecule has 240 valence electrons. The van der Waals surface area contributed by atoms with E-state index in [1.54, 1.807) is 16.8 Å². The number of halogens is 3. The molecule has 0 spiro atoms. The number of piperazine rings is 1. The summed E-state index contributed by atoms with van der Waals surface area (Å²) >= 11 is 0. The molecule has 0 aliphatic carbocycles. The molecule has 1 amide bonds. The minimum Gasteiger partial charge on any atom is -0.355 e. The van der Waals surface area contributed by atoms with Crippen LogP contribution in [0.4, 0.5) is 24.7 Å². The number of rotatable bonds is 5. The first-order valence-electron chi connectivity index (χ1n) is 15.5. The number of imidazole rings is 1. The molecule has 6 rings (SSSR count). The Morgan fingerprint density at radius 1 is 0.978 bits per heavy atom. The van der Waals surface area contributed by atoms with Crippen LogP contribution in [-0.4, -0.2) is 81.6 Å². The van der Waals surface area contributed by atoms with E-state index in [0.717, 1.165) is 38.1 Å². The van der Waals surface area contributed by atoms with Gasteiger partial charge in [0.05, 0.1) is 17.3 Å². The van der Waals surface area contributed by atoms with Gasteiger partial charge in [0.15, 0.2) is 5.65 Å². The maximum atomic E-state index is 14.0. The first-order chi connectivity index (χ1) is 22.0. The van der Waals surface area contributed by atoms with Gasteiger partial charge in [-0.25, -0.2) is 9.50 Å². The monoisotopic (exact) mass is 630 g/mol. The average Bonchev–Trinajstić information content (AvgIpc) is 3.43. The number of fused-ring (bicyclic) bond motifs is 1. The number of nitrogens with one attached hydrogen (secondary N) is 1. The molecular formula is C34H37F3N8O. The van der Waals surface area contributed by atoms with Gasteiger partial charge in [-0.15, -0.1) is 5.10 Å². The molecule has 2 aliphatic heterocycles. The van der Waals surface area contributed by atoms with Crippen molar-refractivity contribution in [2.24, 2.45) is 11.8 Å². The van der Waals surface area contributed by atoms with E-state index in [9.17, 15) is 18.0 Å². The number of carbonyl (C=O) groups is 1. The van der Waals surface area contributed by atoms with Crippen LogP contribution in [0, 0.1) is 23.7 Å². The molecule has 2 saturated heterocycles. The Balaban J connectivity index is 1.17. The molecule has 1 aromatic carbocycles. The number of piperidine rings is 1. The van der Waals surface area contributed by atoms with Gasteiger partial charge in [0.2, 0.25) is 0 Å². The van der Waals surface area contributed by atoms with Crippen LogP contribution in [0.1, 0.15) is 53.0 Å². The van der Waals surface area contributed by atoms with Crippen LogP contribution in [0.15, 0.2) is 55.0 Å². The average molecular weight is 631 g/mol. The molecule has 12 heteroatoms. The number of amides is 1. The second-order valence-electron chi connectivity index (χ2n) is 12.6. The smallest absolute Gasteiger partial charge is 0.355 e. The maximum Gasteiger partial charge on any atom is 0.416 e. The fourth-order valence-electron chi connectivity index (χ4n) is 6.24. The minimum atomic E-state index is -4.56. The Kier molecular flexibility index (Phi) is 8.97. The lowest BCUT2D eigenvalue weighted by atomic mass is 9.92. The fraction of sp³-hybridized carbons (Fsp3) is 0.412. The second kappa shape index (κ2) is 13.1. The number of carbonyl (C=O) groups excluding carboxylic acids is 1. The van der Waals surface area contributed by atoms with Crippen LogP contribution in [0.2, 0.25) is 0 Å². The molecule has 3 aromatic heterocycles. The molecule has 0 bridgehead atoms. The van der Waals surface area contributed by atoms with Gasteiger partial charge in [0, 0.05) is 69.5 Å². The predicted octanol–water partition coefficient (Wildman–Crippen LogP) is 5.02. The highest BCUT2D eigenvalue weighted by atomic mass is 19.4. The third-order valence-electron chi connectivity index (χ3n) is 8.54. The zero-order valence-electron chi connectivity index (χ0n) is 26.2. The summed E-state index contributed by atoms with van der Waals surface area (Å²) in [6.07, 6.45) is 1.17. The van der Waals surface area contributed by atoms with Gasteiger partial charge in [-0.3, -0.25) is 14.7 Å². The summed E-state index contributed by atoms with van der Waals surface area (Å²) in [6, 6.07) is 9.41. The predicted molar refractivity (Wildman–Crippen MR) is 171 cm³/mol. The first-order valence-corrected chi connectivity index (χ1v) is 15.5. The van der Waals surface area contributed by atoms with Crippen molar-refractivity contribution in [2.75, 3.05) is 56.5 Å². The summed E-state index contributed by atoms with van der Waals surface area (Å²) in [5, 5.41) is 7.41. The molecule has 2 aliphatic rings. The molecule has 2 atom stereocenters. The third-order valence-corrected chi connectivity index (χ3v) is 8.54. The highest BCUT2D eigenvalue weighted by molar-refractivity contribution is 6.04. The van der Waals surface area contributed by atoms with Gasteiger partial charge < -0.3 is 15.1 Å². The van der Waals surface area contributed by atoms with Crippen molar-refractivity contribution in [3.05, 3.63) is 82.9 Å². The SMILES string of the molecule is CC1CC(C)CN(c2ccc3ncc(C#Cc4cncc(C(=O)Nc5ccc(CN6CCN(C)CC6)c(C(F)(F)F)c5)c4)n3n2)C1. The number of anilines is 2. The number of benzene rings is 1. The summed E-state index contributed by atoms with van der Waals surface area (Å²) in [4.78, 5) is 28.1. The highest BCUT2D eigenvalue weighted by Gasteiger charge is 2.34. The largest absolute Gasteiger partial charge is 0.416 e. The molecule has 9 nitrogen and oxygen atoms in total. The van der Waals surface area contributed by atoms with Crippen LogP contribution in [0.3, 0.4) is 0 Å². The quantitative estimate of drug-likeness (QED) is 0.310. The number of aromatic nitrogens is 4. The number of alkyl halides is 3. The summed E-state index contributed by atoms with van der Waals surface area (Å²) in [5.74, 6) is 7.56. The fourth-order valence-corrected chi connectivity index (χ4v) is 6.24. The standard InChI is InChI=1S/C34H37F3N8O/c1-23-14-24(2)21-44(20-23)32-9-8-31-39-19-29(45(31)41-32)7-4-25-15-27(18-38-17-25)33(46)40-28-6-5-26(30(16-28)34(35,36)37)22-43-12-10-42(3)11-13-43/h5-6,8-9,15-19,23-24H,10-14,20-22H2,1-3H3,(H,40,46). The van der Waals surface area contributed by atoms with Crippen molar-refractivity contribution in [2.45, 2.75) is 33.0 Å². The Labute approximate surface area is 266 Å². The maximum absolute atomic E-state index is 14.0. The van der Waals surface area contributed by atoms with Gasteiger partial charge in [-0.1, -0.05) is 25.8 Å². The van der Waals surface area contributed by atoms with Gasteiger partial charge in [-0.2, -0.15) is 13.2 Å². The summed E-state index contributed by atoms with van der Waals surface area (Å²) < 4.78 is 43.8. The van der Waals surface area contributed by atoms with Gasteiger partial charge in [0.1, 0.15) is 11.5 Å². The highest BCUT2D eigenvalue weighted by Crippen LogP contribution is 2.35. The van der Waals surface area contributed by atoms with E-state index in [1.165, 1.54) is 30.9 Å². The molecule has 46 heavy (non-hydrogen) atoms. The van der Waals surface area contributed by atoms with Crippen molar-refractivity contribution >= 4 is 23.1 Å². The molecule has 5 heterocycles. The van der Waals surface area contributed by atoms with E-state index < -0.39 is 17.6 Å². The lowest BCUT2D eigenvalue weighted by Crippen LogP contribution is -2.44. The number of likely N-dealkylation sites (N-methyl/N-ethyl adjacent to an activating group) is 1. The molecule has 0 radical (unpaired) electrons. The number of hydrogen-bond acceptors (Lipinski definition) is 7. The molecular weight excluding hydrogens is 593 g/mol. The number of nitrogens with zero attached hydrogens (tertiary/aromatic N) is 7. The second-order valence-corrected chi connectivity index (χ2v) is 12.6. The van der Waals surface area contributed by atoms with E-state index >= 15 is 0 Å². The van der Waals surface area contributed by atoms with Crippen LogP contribution in [0.5, 0.6) is 0 Å². The topological polar surface area (TPSA) is 81.9 Å². The van der Waals surface area contributed by atoms with Crippen LogP contribution in [0.25, 0.3) is 5.65 Å². The van der Waals surface area contributed by atoms with Gasteiger partial charge >= 0.3 is 6.18 Å². The lowest BCUT2D eigenvalue weighted by molar-refractivity contribution is -0.138. The van der Waals surface area contributed by atoms with Crippen LogP contribution < -0.4 is 10.2 Å². The van der Waals surface area contributed by atoms with Crippen molar-refractivity contribution in [1.29, 1.82) is 0 Å². The van der Waals surface area contributed by atoms with E-state index in [1.807, 2.05) is 24.1 Å². The molecule has 4 aromatic rings. The zero-order chi connectivity index (χ0) is 32.4. The Bertz CT molecular complexity index is 1770. The van der Waals surface area contributed by atoms with Gasteiger partial charge in [-0.05, 0) is 67.1 Å². The lowest BCUT2D eigenvalue weighted by Gasteiger charge is -2.35. The molecule has 2 fully saturated rings. The minimum absolute atomic E-state index is 0.0565. The van der Waals surface area contributed by atoms with Crippen molar-refractivity contribution < 1.29 is 18.0 Å². The van der Waals surface area contributed by atoms with E-state index in [-0.39, 0.29) is 23.4 Å². The summed E-state index contributed by atoms with van der Waals surface area (Å²) in [6.45, 7) is 9.60. The zero-order valence-corrected chi connectivity index (χ0v) is 26.2. The first kappa shape index (κ1) is 31.5. The van der Waals surface area contributed by atoms with Crippen LogP contribution in [-0.2, 0) is 12.7 Å². The molecule has 2 unspecified atom stereocenters. The Hall–Kier alpha value is -4.47. The Morgan fingerprint density at radius 2 is 1.74 bits per heavy atom. The van der Waals surface area contributed by atoms with Crippen molar-refractivity contribution in [3.8, 4) is 11.8 Å². The Morgan fingerprint density at radius 3 is 2.48 bits per heavy atom. The van der Waals surface area contributed by atoms with Crippen LogP contribution >= 0.6 is 0 Å². The third kappa shape index (κ3) is 7.32. The number of hydrogen-bond donors (Lipinski definition) is 1. The van der Waals surface area contributed by atoms with E-state index in [4.69, 9.17) is 5.10 Å². The van der Waals surface area contributed by atoms with Crippen molar-refractivity contribution in [1.82, 2.24) is 29.4 Å². The summed E-state index contributed by atoms with van der Waals surface area (Å²) in [7, 11) is 2.00. The molecule has 0 saturated carbocycles. The number of pyridine rings is 1. The van der Waals surface area contributed by atoms with Gasteiger partial charge in [0.25, 0.3) is 5.91 Å².